The van der Waals surface area contributed by atoms with Crippen molar-refractivity contribution in [2.75, 3.05) is 19.8 Å². The molecule has 1 fully saturated rings. The predicted octanol–water partition coefficient (Wildman–Crippen LogP) is 23.8. The van der Waals surface area contributed by atoms with Gasteiger partial charge in [-0.2, -0.15) is 0 Å². The number of hydrogen-bond acceptors (Lipinski definition) is 16. The normalized spacial score (nSPS) is 16.8. The molecule has 0 bridgehead atoms. The van der Waals surface area contributed by atoms with E-state index in [4.69, 9.17) is 32.9 Å². The van der Waals surface area contributed by atoms with E-state index in [1.54, 1.807) is 0 Å². The van der Waals surface area contributed by atoms with Gasteiger partial charge in [0.1, 0.15) is 36.6 Å². The summed E-state index contributed by atoms with van der Waals surface area (Å²) in [5.74, 6) is -3.47. The summed E-state index contributed by atoms with van der Waals surface area (Å²) in [6.07, 6.45) is 56.3. The zero-order chi connectivity index (χ0) is 83.4. The fourth-order valence-electron chi connectivity index (χ4n) is 15.6. The highest BCUT2D eigenvalue weighted by molar-refractivity contribution is 7.46. The summed E-state index contributed by atoms with van der Waals surface area (Å²) in [6, 6.07) is -2.81. The van der Waals surface area contributed by atoms with Crippen molar-refractivity contribution in [1.29, 1.82) is 0 Å². The Hall–Kier alpha value is -3.23. The van der Waals surface area contributed by atoms with Crippen LogP contribution >= 0.6 is 7.82 Å². The predicted molar refractivity (Wildman–Crippen MR) is 462 cm³/mol. The molecule has 1 aliphatic rings. The van der Waals surface area contributed by atoms with E-state index in [-0.39, 0.29) is 38.1 Å². The number of ether oxygens (including phenoxy) is 6. The molecule has 672 valence electrons. The van der Waals surface area contributed by atoms with Crippen molar-refractivity contribution in [1.82, 2.24) is 10.6 Å². The molecule has 1 rings (SSSR count). The molecule has 0 aromatic rings. The number of esters is 4. The van der Waals surface area contributed by atoms with Crippen molar-refractivity contribution in [2.24, 2.45) is 0 Å². The van der Waals surface area contributed by atoms with Crippen LogP contribution in [0.1, 0.15) is 485 Å². The van der Waals surface area contributed by atoms with Crippen LogP contribution in [0.25, 0.3) is 0 Å². The number of unbranched alkanes of at least 4 members (excludes halogenated alkanes) is 54. The summed E-state index contributed by atoms with van der Waals surface area (Å²) in [5.41, 5.74) is 0. The standard InChI is InChI=1S/C93H177N2O18P/c1-7-13-19-25-31-37-40-46-52-58-64-70-86(100)108-80(67-61-55-49-43-34-28-22-16-10-4)73-84(98)94-79(76-96)78-107-93-90(95-85(99)74-81(68-62-56-50-44-35-29-23-17-11-5)109-87(101)71-65-59-53-47-41-38-32-26-20-14-8-2)92(91(83(77-97)111-93)113-114(104,105)106)112-89(103)75-82(69-63-57-51-45-36-30-24-18-12-6)110-88(102)72-66-60-54-48-42-39-33-27-21-15-9-3/h79-83,90-93,96-97H,7-78H2,1-6H3,(H,94,98)(H,95,99)(H2,104,105,106)/t79-,80+,81+,82+,83+,90-,91+,92+,93-/m0/s1. The maximum Gasteiger partial charge on any atom is 0.470 e. The molecule has 1 saturated heterocycles. The van der Waals surface area contributed by atoms with E-state index < -0.39 is 119 Å². The van der Waals surface area contributed by atoms with Gasteiger partial charge in [0.2, 0.25) is 11.8 Å². The number of aliphatic hydroxyl groups is 2. The quantitative estimate of drug-likeness (QED) is 0.0143. The number of phosphoric ester groups is 1. The molecule has 0 radical (unpaired) electrons. The van der Waals surface area contributed by atoms with Crippen LogP contribution in [0.15, 0.2) is 0 Å². The van der Waals surface area contributed by atoms with Crippen LogP contribution in [0.5, 0.6) is 0 Å². The fraction of sp³-hybridized carbons (Fsp3) is 0.935. The van der Waals surface area contributed by atoms with Gasteiger partial charge in [-0.1, -0.05) is 388 Å². The van der Waals surface area contributed by atoms with Crippen LogP contribution in [-0.2, 0) is 66.3 Å². The minimum absolute atomic E-state index is 0.154. The first kappa shape index (κ1) is 109. The molecule has 2 amide bonds. The van der Waals surface area contributed by atoms with Crippen LogP contribution in [-0.4, -0.2) is 131 Å². The van der Waals surface area contributed by atoms with Crippen molar-refractivity contribution in [3.8, 4) is 0 Å². The average Bonchev–Trinajstić information content (AvgIpc) is 0.780. The Balaban J connectivity index is 3.78. The molecular weight excluding hydrogens is 1460 g/mol. The number of hydrogen-bond donors (Lipinski definition) is 6. The second kappa shape index (κ2) is 78.3. The highest BCUT2D eigenvalue weighted by Crippen LogP contribution is 2.43. The Morgan fingerprint density at radius 3 is 0.904 bits per heavy atom. The second-order valence-electron chi connectivity index (χ2n) is 33.8. The number of amides is 2. The molecule has 0 aromatic carbocycles. The number of aliphatic hydroxyl groups excluding tert-OH is 2. The van der Waals surface area contributed by atoms with Crippen molar-refractivity contribution in [3.05, 3.63) is 0 Å². The van der Waals surface area contributed by atoms with E-state index >= 15 is 0 Å². The SMILES string of the molecule is CCCCCCCCCCCCCC(=O)O[C@H](CCCCCCCCCCC)CC(=O)N[C@@H](CO)CO[C@H]1O[C@H](CO)[C@@H](OP(=O)(O)O)[C@H](OC(=O)C[C@@H](CCCCCCCCCCC)OC(=O)CCCCCCCCCCCCC)[C@@H]1NC(=O)C[C@@H](CCCCCCCCCCC)OC(=O)CCCCCCCCCCCCC. The number of rotatable bonds is 85. The Morgan fingerprint density at radius 1 is 0.351 bits per heavy atom. The van der Waals surface area contributed by atoms with E-state index in [2.05, 4.69) is 52.2 Å². The molecule has 0 aliphatic carbocycles. The molecule has 0 spiro atoms. The van der Waals surface area contributed by atoms with E-state index in [1.165, 1.54) is 180 Å². The van der Waals surface area contributed by atoms with Gasteiger partial charge in [0.25, 0.3) is 0 Å². The summed E-state index contributed by atoms with van der Waals surface area (Å²) in [5, 5.41) is 27.7. The number of nitrogens with one attached hydrogen (secondary N) is 2. The summed E-state index contributed by atoms with van der Waals surface area (Å²) in [7, 11) is -5.53. The first-order chi connectivity index (χ1) is 55.5. The van der Waals surface area contributed by atoms with Gasteiger partial charge in [-0.15, -0.1) is 0 Å². The van der Waals surface area contributed by atoms with Gasteiger partial charge in [-0.3, -0.25) is 33.3 Å². The van der Waals surface area contributed by atoms with Crippen molar-refractivity contribution < 1.29 is 86.3 Å². The van der Waals surface area contributed by atoms with Crippen molar-refractivity contribution >= 4 is 43.5 Å². The zero-order valence-corrected chi connectivity index (χ0v) is 75.0. The largest absolute Gasteiger partial charge is 0.470 e. The van der Waals surface area contributed by atoms with Crippen molar-refractivity contribution in [2.45, 2.75) is 540 Å². The smallest absolute Gasteiger partial charge is 0.462 e. The van der Waals surface area contributed by atoms with Gasteiger partial charge in [-0.25, -0.2) is 4.57 Å². The van der Waals surface area contributed by atoms with Crippen LogP contribution < -0.4 is 10.6 Å². The third kappa shape index (κ3) is 65.6. The first-order valence-corrected chi connectivity index (χ1v) is 49.6. The minimum atomic E-state index is -5.53. The molecule has 1 heterocycles. The maximum absolute atomic E-state index is 15.0. The summed E-state index contributed by atoms with van der Waals surface area (Å²) in [4.78, 5) is 106. The molecule has 21 heteroatoms. The molecule has 9 atom stereocenters. The van der Waals surface area contributed by atoms with Crippen LogP contribution in [0.2, 0.25) is 0 Å². The highest BCUT2D eigenvalue weighted by atomic mass is 31.2. The highest BCUT2D eigenvalue weighted by Gasteiger charge is 2.52. The minimum Gasteiger partial charge on any atom is -0.462 e. The molecular formula is C93H177N2O18P. The van der Waals surface area contributed by atoms with Crippen LogP contribution in [0.4, 0.5) is 0 Å². The third-order valence-corrected chi connectivity index (χ3v) is 23.2. The summed E-state index contributed by atoms with van der Waals surface area (Å²) >= 11 is 0. The van der Waals surface area contributed by atoms with Gasteiger partial charge in [0.15, 0.2) is 12.4 Å². The monoisotopic (exact) mass is 1640 g/mol. The van der Waals surface area contributed by atoms with E-state index in [0.717, 1.165) is 173 Å². The first-order valence-electron chi connectivity index (χ1n) is 48.1. The van der Waals surface area contributed by atoms with E-state index in [0.29, 0.717) is 51.4 Å². The second-order valence-corrected chi connectivity index (χ2v) is 35.0. The lowest BCUT2D eigenvalue weighted by molar-refractivity contribution is -0.272. The number of phosphoric acid groups is 1. The third-order valence-electron chi connectivity index (χ3n) is 22.7. The van der Waals surface area contributed by atoms with Gasteiger partial charge in [0, 0.05) is 19.3 Å². The average molecular weight is 1640 g/mol. The Kier molecular flexibility index (Phi) is 74.7. The molecule has 6 N–H and O–H groups in total. The number of carbonyl (C=O) groups is 6. The van der Waals surface area contributed by atoms with Crippen molar-refractivity contribution in [3.63, 3.8) is 0 Å². The van der Waals surface area contributed by atoms with Crippen LogP contribution in [0.3, 0.4) is 0 Å². The Labute approximate surface area is 696 Å². The fourth-order valence-corrected chi connectivity index (χ4v) is 16.2. The molecule has 0 unspecified atom stereocenters. The Bertz CT molecular complexity index is 2300. The summed E-state index contributed by atoms with van der Waals surface area (Å²) < 4.78 is 55.8. The van der Waals surface area contributed by atoms with E-state index in [9.17, 15) is 53.3 Å². The number of carbonyl (C=O) groups excluding carboxylic acids is 6. The van der Waals surface area contributed by atoms with E-state index in [1.807, 2.05) is 0 Å². The van der Waals surface area contributed by atoms with Gasteiger partial charge >= 0.3 is 31.7 Å². The van der Waals surface area contributed by atoms with Gasteiger partial charge in [-0.05, 0) is 57.8 Å². The molecule has 1 aliphatic heterocycles. The lowest BCUT2D eigenvalue weighted by atomic mass is 9.95. The maximum atomic E-state index is 15.0. The van der Waals surface area contributed by atoms with Gasteiger partial charge in [0.05, 0.1) is 45.1 Å². The molecule has 114 heavy (non-hydrogen) atoms. The molecule has 0 saturated carbocycles. The lowest BCUT2D eigenvalue weighted by Gasteiger charge is -2.45. The van der Waals surface area contributed by atoms with Crippen LogP contribution in [0, 0.1) is 0 Å². The molecule has 20 nitrogen and oxygen atoms in total. The zero-order valence-electron chi connectivity index (χ0n) is 74.1. The van der Waals surface area contributed by atoms with Gasteiger partial charge < -0.3 is 59.1 Å². The lowest BCUT2D eigenvalue weighted by Crippen LogP contribution is -2.66. The molecule has 0 aromatic heterocycles. The topological polar surface area (TPSA) is 289 Å². The Morgan fingerprint density at radius 2 is 0.623 bits per heavy atom. The summed E-state index contributed by atoms with van der Waals surface area (Å²) in [6.45, 7) is 11.1.